The lowest BCUT2D eigenvalue weighted by Gasteiger charge is -2.18. The smallest absolute Gasteiger partial charge is 0.337 e. The summed E-state index contributed by atoms with van der Waals surface area (Å²) in [7, 11) is 0. The Kier molecular flexibility index (Phi) is 5.97. The van der Waals surface area contributed by atoms with Crippen LogP contribution in [0.5, 0.6) is 0 Å². The van der Waals surface area contributed by atoms with E-state index in [1.165, 1.54) is 11.3 Å². The Bertz CT molecular complexity index is 1180. The fraction of sp³-hybridized carbons (Fsp3) is 0.0435. The van der Waals surface area contributed by atoms with Crippen LogP contribution in [0, 0.1) is 0 Å². The van der Waals surface area contributed by atoms with Crippen LogP contribution in [0.1, 0.15) is 15.2 Å². The number of hydrogen-bond donors (Lipinski definition) is 3. The van der Waals surface area contributed by atoms with E-state index in [2.05, 4.69) is 15.6 Å². The van der Waals surface area contributed by atoms with Gasteiger partial charge in [-0.2, -0.15) is 0 Å². The molecular formula is C23H18ClN3O2S. The number of nitrogens with one attached hydrogen (secondary N) is 2. The van der Waals surface area contributed by atoms with Crippen LogP contribution in [0.3, 0.4) is 0 Å². The van der Waals surface area contributed by atoms with Gasteiger partial charge in [0, 0.05) is 22.3 Å². The van der Waals surface area contributed by atoms with E-state index < -0.39 is 5.97 Å². The summed E-state index contributed by atoms with van der Waals surface area (Å²) in [6, 6.07) is 23.0. The van der Waals surface area contributed by atoms with Crippen molar-refractivity contribution in [3.8, 4) is 11.1 Å². The first-order chi connectivity index (χ1) is 14.6. The summed E-state index contributed by atoms with van der Waals surface area (Å²) in [5.41, 5.74) is 4.22. The molecule has 4 rings (SSSR count). The number of hydrogen-bond acceptors (Lipinski definition) is 5. The number of thiazole rings is 1. The summed E-state index contributed by atoms with van der Waals surface area (Å²) in [6.45, 7) is 0.489. The second kappa shape index (κ2) is 8.98. The van der Waals surface area contributed by atoms with Crippen LogP contribution in [0.25, 0.3) is 11.1 Å². The molecule has 0 saturated carbocycles. The largest absolute Gasteiger partial charge is 0.478 e. The van der Waals surface area contributed by atoms with Crippen LogP contribution in [-0.2, 0) is 6.54 Å². The van der Waals surface area contributed by atoms with Crippen molar-refractivity contribution in [2.75, 3.05) is 10.6 Å². The SMILES string of the molecule is O=C(O)c1cccc(NCc2cnc(Cl)s2)c1Nc1ccccc1-c1ccccc1. The molecule has 3 aromatic carbocycles. The zero-order valence-electron chi connectivity index (χ0n) is 15.8. The number of carbonyl (C=O) groups is 1. The molecule has 7 heteroatoms. The third-order valence-electron chi connectivity index (χ3n) is 4.54. The lowest BCUT2D eigenvalue weighted by Crippen LogP contribution is -2.08. The maximum atomic E-state index is 11.9. The lowest BCUT2D eigenvalue weighted by atomic mass is 10.0. The number of benzene rings is 3. The molecule has 3 N–H and O–H groups in total. The summed E-state index contributed by atoms with van der Waals surface area (Å²) in [5.74, 6) is -1.00. The van der Waals surface area contributed by atoms with Gasteiger partial charge in [-0.25, -0.2) is 9.78 Å². The first-order valence-corrected chi connectivity index (χ1v) is 10.4. The van der Waals surface area contributed by atoms with E-state index in [4.69, 9.17) is 11.6 Å². The van der Waals surface area contributed by atoms with Crippen molar-refractivity contribution < 1.29 is 9.90 Å². The van der Waals surface area contributed by atoms with Gasteiger partial charge in [-0.3, -0.25) is 0 Å². The number of aromatic carboxylic acids is 1. The highest BCUT2D eigenvalue weighted by Gasteiger charge is 2.16. The molecule has 4 aromatic rings. The topological polar surface area (TPSA) is 74.2 Å². The summed E-state index contributed by atoms with van der Waals surface area (Å²) in [4.78, 5) is 16.9. The number of anilines is 3. The standard InChI is InChI=1S/C23H18ClN3O2S/c24-23-26-14-16(30-23)13-25-20-12-6-10-18(22(28)29)21(20)27-19-11-5-4-9-17(19)15-7-2-1-3-8-15/h1-12,14,25,27H,13H2,(H,28,29). The van der Waals surface area contributed by atoms with Gasteiger partial charge >= 0.3 is 5.97 Å². The molecule has 1 heterocycles. The maximum Gasteiger partial charge on any atom is 0.337 e. The van der Waals surface area contributed by atoms with Crippen LogP contribution in [-0.4, -0.2) is 16.1 Å². The molecule has 0 aliphatic carbocycles. The maximum absolute atomic E-state index is 11.9. The third-order valence-corrected chi connectivity index (χ3v) is 5.66. The summed E-state index contributed by atoms with van der Waals surface area (Å²) in [5, 5.41) is 16.4. The molecule has 0 aliphatic heterocycles. The van der Waals surface area contributed by atoms with Crippen molar-refractivity contribution in [1.29, 1.82) is 0 Å². The highest BCUT2D eigenvalue weighted by Crippen LogP contribution is 2.35. The molecular weight excluding hydrogens is 418 g/mol. The van der Waals surface area contributed by atoms with E-state index in [1.54, 1.807) is 18.3 Å². The molecule has 0 bridgehead atoms. The molecule has 0 fully saturated rings. The summed E-state index contributed by atoms with van der Waals surface area (Å²) < 4.78 is 0.473. The van der Waals surface area contributed by atoms with E-state index in [0.29, 0.717) is 22.4 Å². The number of carboxylic acids is 1. The fourth-order valence-corrected chi connectivity index (χ4v) is 4.07. The van der Waals surface area contributed by atoms with E-state index in [0.717, 1.165) is 21.7 Å². The molecule has 0 unspecified atom stereocenters. The van der Waals surface area contributed by atoms with Crippen molar-refractivity contribution in [3.05, 3.63) is 93.9 Å². The van der Waals surface area contributed by atoms with Gasteiger partial charge < -0.3 is 15.7 Å². The number of halogens is 1. The molecule has 5 nitrogen and oxygen atoms in total. The summed E-state index contributed by atoms with van der Waals surface area (Å²) >= 11 is 7.29. The average molecular weight is 436 g/mol. The van der Waals surface area contributed by atoms with Gasteiger partial charge in [-0.1, -0.05) is 66.2 Å². The minimum Gasteiger partial charge on any atom is -0.478 e. The summed E-state index contributed by atoms with van der Waals surface area (Å²) in [6.07, 6.45) is 1.71. The van der Waals surface area contributed by atoms with Crippen LogP contribution in [0.15, 0.2) is 79.0 Å². The molecule has 0 aliphatic rings. The zero-order valence-corrected chi connectivity index (χ0v) is 17.4. The van der Waals surface area contributed by atoms with Crippen LogP contribution in [0.4, 0.5) is 17.1 Å². The Balaban J connectivity index is 1.71. The highest BCUT2D eigenvalue weighted by molar-refractivity contribution is 7.15. The van der Waals surface area contributed by atoms with Crippen molar-refractivity contribution >= 4 is 46.0 Å². The molecule has 0 radical (unpaired) electrons. The molecule has 1 aromatic heterocycles. The Morgan fingerprint density at radius 2 is 1.70 bits per heavy atom. The Labute approximate surface area is 183 Å². The molecule has 0 spiro atoms. The molecule has 150 valence electrons. The Hall–Kier alpha value is -3.35. The monoisotopic (exact) mass is 435 g/mol. The molecule has 0 atom stereocenters. The Morgan fingerprint density at radius 1 is 0.967 bits per heavy atom. The minimum atomic E-state index is -1.00. The predicted molar refractivity (Wildman–Crippen MR) is 123 cm³/mol. The predicted octanol–water partition coefficient (Wildman–Crippen LogP) is 6.52. The number of carboxylic acid groups (broad SMARTS) is 1. The number of nitrogens with zero attached hydrogens (tertiary/aromatic N) is 1. The number of para-hydroxylation sites is 2. The van der Waals surface area contributed by atoms with Gasteiger partial charge in [0.1, 0.15) is 0 Å². The van der Waals surface area contributed by atoms with Crippen molar-refractivity contribution in [1.82, 2.24) is 4.98 Å². The first-order valence-electron chi connectivity index (χ1n) is 9.23. The van der Waals surface area contributed by atoms with Crippen LogP contribution in [0.2, 0.25) is 4.47 Å². The number of rotatable bonds is 7. The van der Waals surface area contributed by atoms with Gasteiger partial charge in [-0.15, -0.1) is 11.3 Å². The van der Waals surface area contributed by atoms with Gasteiger partial charge in [0.15, 0.2) is 4.47 Å². The van der Waals surface area contributed by atoms with Gasteiger partial charge in [0.05, 0.1) is 23.5 Å². The lowest BCUT2D eigenvalue weighted by molar-refractivity contribution is 0.0698. The van der Waals surface area contributed by atoms with E-state index in [9.17, 15) is 9.90 Å². The average Bonchev–Trinajstić information content (AvgIpc) is 3.19. The van der Waals surface area contributed by atoms with Crippen molar-refractivity contribution in [2.45, 2.75) is 6.54 Å². The second-order valence-corrected chi connectivity index (χ2v) is 8.20. The molecule has 30 heavy (non-hydrogen) atoms. The Morgan fingerprint density at radius 3 is 2.43 bits per heavy atom. The van der Waals surface area contributed by atoms with Gasteiger partial charge in [-0.05, 0) is 23.8 Å². The van der Waals surface area contributed by atoms with E-state index in [-0.39, 0.29) is 5.56 Å². The second-order valence-electron chi connectivity index (χ2n) is 6.50. The third kappa shape index (κ3) is 4.45. The highest BCUT2D eigenvalue weighted by atomic mass is 35.5. The van der Waals surface area contributed by atoms with Crippen LogP contribution >= 0.6 is 22.9 Å². The zero-order chi connectivity index (χ0) is 20.9. The number of aromatic nitrogens is 1. The quantitative estimate of drug-likeness (QED) is 0.308. The van der Waals surface area contributed by atoms with E-state index >= 15 is 0 Å². The minimum absolute atomic E-state index is 0.185. The fourth-order valence-electron chi connectivity index (χ4n) is 3.16. The van der Waals surface area contributed by atoms with Crippen molar-refractivity contribution in [2.24, 2.45) is 0 Å². The van der Waals surface area contributed by atoms with E-state index in [1.807, 2.05) is 60.7 Å². The first kappa shape index (κ1) is 19.9. The normalized spacial score (nSPS) is 10.6. The van der Waals surface area contributed by atoms with Crippen LogP contribution < -0.4 is 10.6 Å². The van der Waals surface area contributed by atoms with Crippen molar-refractivity contribution in [3.63, 3.8) is 0 Å². The van der Waals surface area contributed by atoms with Gasteiger partial charge in [0.2, 0.25) is 0 Å². The molecule has 0 saturated heterocycles. The molecule has 0 amide bonds. The van der Waals surface area contributed by atoms with Gasteiger partial charge in [0.25, 0.3) is 0 Å².